The van der Waals surface area contributed by atoms with Crippen LogP contribution < -0.4 is 0 Å². The van der Waals surface area contributed by atoms with Gasteiger partial charge in [0.2, 0.25) is 0 Å². The zero-order valence-corrected chi connectivity index (χ0v) is 9.81. The molecule has 16 heavy (non-hydrogen) atoms. The molecule has 0 aromatic heterocycles. The number of carbonyl (C=O) groups excluding carboxylic acids is 1. The molecular formula is C13H16F2O. The van der Waals surface area contributed by atoms with Crippen molar-refractivity contribution < 1.29 is 13.6 Å². The summed E-state index contributed by atoms with van der Waals surface area (Å²) in [6, 6.07) is 3.87. The van der Waals surface area contributed by atoms with E-state index in [1.165, 1.54) is 13.0 Å². The van der Waals surface area contributed by atoms with E-state index in [2.05, 4.69) is 0 Å². The average molecular weight is 226 g/mol. The Morgan fingerprint density at radius 2 is 1.88 bits per heavy atom. The molecule has 0 saturated heterocycles. The van der Waals surface area contributed by atoms with E-state index in [1.807, 2.05) is 13.8 Å². The summed E-state index contributed by atoms with van der Waals surface area (Å²) in [5, 5.41) is 0. The molecule has 0 amide bonds. The second kappa shape index (κ2) is 4.73. The normalized spacial score (nSPS) is 11.6. The molecule has 0 heterocycles. The molecule has 0 atom stereocenters. The summed E-state index contributed by atoms with van der Waals surface area (Å²) in [4.78, 5) is 11.0. The third-order valence-electron chi connectivity index (χ3n) is 2.39. The van der Waals surface area contributed by atoms with E-state index in [1.54, 1.807) is 6.07 Å². The standard InChI is InChI=1S/C13H16F2O/c1-9(16)7-13(2,3)8-10-4-5-11(14)12(15)6-10/h4-6H,7-8H2,1-3H3. The summed E-state index contributed by atoms with van der Waals surface area (Å²) >= 11 is 0. The van der Waals surface area contributed by atoms with Gasteiger partial charge < -0.3 is 4.79 Å². The molecule has 0 aliphatic heterocycles. The molecule has 1 rings (SSSR count). The van der Waals surface area contributed by atoms with Gasteiger partial charge in [0.25, 0.3) is 0 Å². The van der Waals surface area contributed by atoms with Crippen LogP contribution in [0.15, 0.2) is 18.2 Å². The minimum absolute atomic E-state index is 0.104. The predicted octanol–water partition coefficient (Wildman–Crippen LogP) is 3.51. The van der Waals surface area contributed by atoms with Crippen molar-refractivity contribution in [1.82, 2.24) is 0 Å². The van der Waals surface area contributed by atoms with Crippen LogP contribution in [0.1, 0.15) is 32.8 Å². The van der Waals surface area contributed by atoms with E-state index in [0.717, 1.165) is 6.07 Å². The number of benzene rings is 1. The Balaban J connectivity index is 2.79. The van der Waals surface area contributed by atoms with Gasteiger partial charge in [-0.3, -0.25) is 0 Å². The van der Waals surface area contributed by atoms with Gasteiger partial charge in [-0.2, -0.15) is 0 Å². The van der Waals surface area contributed by atoms with Crippen molar-refractivity contribution in [2.24, 2.45) is 5.41 Å². The number of hydrogen-bond donors (Lipinski definition) is 0. The first-order valence-corrected chi connectivity index (χ1v) is 5.23. The maximum Gasteiger partial charge on any atom is 0.159 e. The molecule has 1 aromatic rings. The van der Waals surface area contributed by atoms with E-state index in [-0.39, 0.29) is 11.2 Å². The third-order valence-corrected chi connectivity index (χ3v) is 2.39. The van der Waals surface area contributed by atoms with Gasteiger partial charge in [0.1, 0.15) is 5.78 Å². The van der Waals surface area contributed by atoms with E-state index >= 15 is 0 Å². The Labute approximate surface area is 94.5 Å². The fourth-order valence-electron chi connectivity index (χ4n) is 1.94. The molecule has 0 spiro atoms. The van der Waals surface area contributed by atoms with Crippen LogP contribution in [0.4, 0.5) is 8.78 Å². The van der Waals surface area contributed by atoms with E-state index < -0.39 is 11.6 Å². The first-order chi connectivity index (χ1) is 7.30. The van der Waals surface area contributed by atoms with E-state index in [0.29, 0.717) is 18.4 Å². The van der Waals surface area contributed by atoms with Crippen LogP contribution in [-0.4, -0.2) is 5.78 Å². The lowest BCUT2D eigenvalue weighted by Gasteiger charge is -2.23. The first kappa shape index (κ1) is 12.8. The SMILES string of the molecule is CC(=O)CC(C)(C)Cc1ccc(F)c(F)c1. The van der Waals surface area contributed by atoms with Gasteiger partial charge in [-0.15, -0.1) is 0 Å². The zero-order valence-electron chi connectivity index (χ0n) is 9.81. The van der Waals surface area contributed by atoms with Gasteiger partial charge >= 0.3 is 0 Å². The van der Waals surface area contributed by atoms with Crippen molar-refractivity contribution in [1.29, 1.82) is 0 Å². The fourth-order valence-corrected chi connectivity index (χ4v) is 1.94. The third kappa shape index (κ3) is 3.72. The number of rotatable bonds is 4. The summed E-state index contributed by atoms with van der Waals surface area (Å²) in [5.74, 6) is -1.57. The molecule has 0 aliphatic carbocycles. The fraction of sp³-hybridized carbons (Fsp3) is 0.462. The van der Waals surface area contributed by atoms with Crippen molar-refractivity contribution in [2.75, 3.05) is 0 Å². The van der Waals surface area contributed by atoms with Crippen LogP contribution in [0.5, 0.6) is 0 Å². The van der Waals surface area contributed by atoms with Crippen molar-refractivity contribution in [2.45, 2.75) is 33.6 Å². The van der Waals surface area contributed by atoms with Crippen molar-refractivity contribution in [3.63, 3.8) is 0 Å². The number of ketones is 1. The van der Waals surface area contributed by atoms with Crippen molar-refractivity contribution in [3.8, 4) is 0 Å². The molecule has 0 N–H and O–H groups in total. The Kier molecular flexibility index (Phi) is 3.79. The lowest BCUT2D eigenvalue weighted by Crippen LogP contribution is -2.18. The van der Waals surface area contributed by atoms with Crippen LogP contribution in [-0.2, 0) is 11.2 Å². The second-order valence-electron chi connectivity index (χ2n) is 4.97. The van der Waals surface area contributed by atoms with Gasteiger partial charge in [-0.25, -0.2) is 8.78 Å². The highest BCUT2D eigenvalue weighted by atomic mass is 19.2. The Morgan fingerprint density at radius 3 is 2.38 bits per heavy atom. The summed E-state index contributed by atoms with van der Waals surface area (Å²) in [6.45, 7) is 5.41. The van der Waals surface area contributed by atoms with Crippen LogP contribution in [0.2, 0.25) is 0 Å². The second-order valence-corrected chi connectivity index (χ2v) is 4.97. The summed E-state index contributed by atoms with van der Waals surface area (Å²) < 4.78 is 25.7. The average Bonchev–Trinajstić information content (AvgIpc) is 2.08. The summed E-state index contributed by atoms with van der Waals surface area (Å²) in [5.41, 5.74) is 0.487. The predicted molar refractivity (Wildman–Crippen MR) is 59.1 cm³/mol. The van der Waals surface area contributed by atoms with Gasteiger partial charge in [0, 0.05) is 6.42 Å². The quantitative estimate of drug-likeness (QED) is 0.767. The van der Waals surface area contributed by atoms with E-state index in [9.17, 15) is 13.6 Å². The smallest absolute Gasteiger partial charge is 0.159 e. The van der Waals surface area contributed by atoms with Gasteiger partial charge in [0.05, 0.1) is 0 Å². The molecule has 88 valence electrons. The lowest BCUT2D eigenvalue weighted by atomic mass is 9.81. The van der Waals surface area contributed by atoms with Crippen molar-refractivity contribution in [3.05, 3.63) is 35.4 Å². The monoisotopic (exact) mass is 226 g/mol. The zero-order chi connectivity index (χ0) is 12.3. The van der Waals surface area contributed by atoms with E-state index in [4.69, 9.17) is 0 Å². The first-order valence-electron chi connectivity index (χ1n) is 5.23. The minimum atomic E-state index is -0.840. The molecule has 1 nitrogen and oxygen atoms in total. The van der Waals surface area contributed by atoms with Crippen LogP contribution in [0.3, 0.4) is 0 Å². The molecule has 0 aliphatic rings. The van der Waals surface area contributed by atoms with Crippen molar-refractivity contribution >= 4 is 5.78 Å². The largest absolute Gasteiger partial charge is 0.300 e. The Bertz CT molecular complexity index is 397. The molecule has 0 unspecified atom stereocenters. The highest BCUT2D eigenvalue weighted by molar-refractivity contribution is 5.76. The molecule has 0 bridgehead atoms. The van der Waals surface area contributed by atoms with Crippen LogP contribution in [0.25, 0.3) is 0 Å². The highest BCUT2D eigenvalue weighted by Crippen LogP contribution is 2.26. The maximum atomic E-state index is 13.0. The van der Waals surface area contributed by atoms with Gasteiger partial charge in [-0.05, 0) is 36.5 Å². The lowest BCUT2D eigenvalue weighted by molar-refractivity contribution is -0.118. The molecule has 0 saturated carbocycles. The molecule has 1 aromatic carbocycles. The Morgan fingerprint density at radius 1 is 1.25 bits per heavy atom. The number of carbonyl (C=O) groups is 1. The van der Waals surface area contributed by atoms with Gasteiger partial charge in [-0.1, -0.05) is 19.9 Å². The number of Topliss-reactive ketones (excluding diaryl/α,β-unsaturated/α-hetero) is 1. The number of hydrogen-bond acceptors (Lipinski definition) is 1. The van der Waals surface area contributed by atoms with Gasteiger partial charge in [0.15, 0.2) is 11.6 Å². The molecule has 0 fully saturated rings. The maximum absolute atomic E-state index is 13.0. The topological polar surface area (TPSA) is 17.1 Å². The number of halogens is 2. The summed E-state index contributed by atoms with van der Waals surface area (Å²) in [7, 11) is 0. The Hall–Kier alpha value is -1.25. The minimum Gasteiger partial charge on any atom is -0.300 e. The van der Waals surface area contributed by atoms with Crippen LogP contribution >= 0.6 is 0 Å². The van der Waals surface area contributed by atoms with Crippen LogP contribution in [0, 0.1) is 17.0 Å². The molecule has 0 radical (unpaired) electrons. The molecular weight excluding hydrogens is 210 g/mol. The summed E-state index contributed by atoms with van der Waals surface area (Å²) in [6.07, 6.45) is 0.996. The highest BCUT2D eigenvalue weighted by Gasteiger charge is 2.21. The molecule has 3 heteroatoms.